The van der Waals surface area contributed by atoms with E-state index in [0.29, 0.717) is 12.4 Å². The minimum Gasteiger partial charge on any atom is -0.353 e. The van der Waals surface area contributed by atoms with Gasteiger partial charge in [-0.25, -0.2) is 0 Å². The Morgan fingerprint density at radius 3 is 2.65 bits per heavy atom. The molecule has 2 fully saturated rings. The van der Waals surface area contributed by atoms with E-state index >= 15 is 0 Å². The molecule has 1 N–H and O–H groups in total. The van der Waals surface area contributed by atoms with E-state index in [0.717, 1.165) is 6.54 Å². The summed E-state index contributed by atoms with van der Waals surface area (Å²) in [5, 5.41) is 3.21. The van der Waals surface area contributed by atoms with Gasteiger partial charge >= 0.3 is 0 Å². The van der Waals surface area contributed by atoms with Gasteiger partial charge in [0.2, 0.25) is 0 Å². The lowest BCUT2D eigenvalue weighted by Crippen LogP contribution is -2.38. The SMILES string of the molecule is CO[C@H]1O[C@H](CNCCCl)[C@H]2OC(C)(C)O[C@@H]12. The van der Waals surface area contributed by atoms with Crippen LogP contribution in [0.2, 0.25) is 0 Å². The number of nitrogens with one attached hydrogen (secondary N) is 1. The van der Waals surface area contributed by atoms with Gasteiger partial charge in [-0.15, -0.1) is 11.6 Å². The maximum Gasteiger partial charge on any atom is 0.186 e. The van der Waals surface area contributed by atoms with Crippen LogP contribution in [0.1, 0.15) is 13.8 Å². The molecule has 100 valence electrons. The van der Waals surface area contributed by atoms with Crippen LogP contribution in [-0.2, 0) is 18.9 Å². The number of fused-ring (bicyclic) bond motifs is 1. The number of hydrogen-bond donors (Lipinski definition) is 1. The summed E-state index contributed by atoms with van der Waals surface area (Å²) in [6, 6.07) is 0. The van der Waals surface area contributed by atoms with Gasteiger partial charge in [0.1, 0.15) is 18.3 Å². The molecule has 0 radical (unpaired) electrons. The van der Waals surface area contributed by atoms with Gasteiger partial charge in [-0.2, -0.15) is 0 Å². The van der Waals surface area contributed by atoms with Crippen molar-refractivity contribution in [3.05, 3.63) is 0 Å². The van der Waals surface area contributed by atoms with E-state index in [4.69, 9.17) is 30.5 Å². The van der Waals surface area contributed by atoms with Crippen molar-refractivity contribution in [2.75, 3.05) is 26.1 Å². The minimum absolute atomic E-state index is 0.0602. The molecule has 2 saturated heterocycles. The second-order valence-corrected chi connectivity index (χ2v) is 5.11. The molecule has 0 saturated carbocycles. The highest BCUT2D eigenvalue weighted by molar-refractivity contribution is 6.18. The smallest absolute Gasteiger partial charge is 0.186 e. The highest BCUT2D eigenvalue weighted by Crippen LogP contribution is 2.38. The third-order valence-electron chi connectivity index (χ3n) is 2.96. The summed E-state index contributed by atoms with van der Waals surface area (Å²) in [6.07, 6.45) is -0.657. The van der Waals surface area contributed by atoms with Crippen LogP contribution in [-0.4, -0.2) is 56.5 Å². The van der Waals surface area contributed by atoms with Gasteiger partial charge in [0, 0.05) is 26.1 Å². The van der Waals surface area contributed by atoms with Crippen molar-refractivity contribution in [3.8, 4) is 0 Å². The summed E-state index contributed by atoms with van der Waals surface area (Å²) >= 11 is 5.62. The van der Waals surface area contributed by atoms with E-state index < -0.39 is 5.79 Å². The summed E-state index contributed by atoms with van der Waals surface area (Å²) in [6.45, 7) is 5.25. The van der Waals surface area contributed by atoms with E-state index in [1.54, 1.807) is 7.11 Å². The molecule has 17 heavy (non-hydrogen) atoms. The molecule has 0 aromatic heterocycles. The fourth-order valence-corrected chi connectivity index (χ4v) is 2.44. The second kappa shape index (κ2) is 5.38. The highest BCUT2D eigenvalue weighted by Gasteiger charge is 2.55. The molecular formula is C11H20ClNO4. The van der Waals surface area contributed by atoms with E-state index in [1.807, 2.05) is 13.8 Å². The molecule has 0 aromatic rings. The van der Waals surface area contributed by atoms with Crippen LogP contribution in [0.15, 0.2) is 0 Å². The van der Waals surface area contributed by atoms with E-state index in [1.165, 1.54) is 0 Å². The standard InChI is InChI=1S/C11H20ClNO4/c1-11(2)16-8-7(6-13-5-4-12)15-10(14-3)9(8)17-11/h7-10,13H,4-6H2,1-3H3/t7-,8-,9-,10+/m1/s1. The first-order valence-corrected chi connectivity index (χ1v) is 6.41. The zero-order chi connectivity index (χ0) is 12.5. The molecule has 6 heteroatoms. The van der Waals surface area contributed by atoms with Crippen LogP contribution in [0.5, 0.6) is 0 Å². The van der Waals surface area contributed by atoms with Gasteiger partial charge in [-0.05, 0) is 13.8 Å². The summed E-state index contributed by atoms with van der Waals surface area (Å²) < 4.78 is 22.6. The maximum atomic E-state index is 5.85. The third kappa shape index (κ3) is 2.92. The van der Waals surface area contributed by atoms with Crippen LogP contribution >= 0.6 is 11.6 Å². The zero-order valence-corrected chi connectivity index (χ0v) is 11.2. The summed E-state index contributed by atoms with van der Waals surface area (Å²) in [5.41, 5.74) is 0. The number of halogens is 1. The van der Waals surface area contributed by atoms with Crippen molar-refractivity contribution in [1.82, 2.24) is 5.32 Å². The molecule has 0 spiro atoms. The van der Waals surface area contributed by atoms with Crippen molar-refractivity contribution in [2.24, 2.45) is 0 Å². The Balaban J connectivity index is 1.95. The Hall–Kier alpha value is 0.0900. The molecule has 2 rings (SSSR count). The van der Waals surface area contributed by atoms with Gasteiger partial charge in [0.15, 0.2) is 12.1 Å². The molecular weight excluding hydrogens is 246 g/mol. The zero-order valence-electron chi connectivity index (χ0n) is 10.4. The molecule has 5 nitrogen and oxygen atoms in total. The van der Waals surface area contributed by atoms with Gasteiger partial charge in [0.25, 0.3) is 0 Å². The van der Waals surface area contributed by atoms with Crippen LogP contribution in [0.4, 0.5) is 0 Å². The normalized spacial score (nSPS) is 39.5. The lowest BCUT2D eigenvalue weighted by molar-refractivity contribution is -0.226. The average molecular weight is 266 g/mol. The van der Waals surface area contributed by atoms with Crippen LogP contribution in [0.25, 0.3) is 0 Å². The van der Waals surface area contributed by atoms with Gasteiger partial charge < -0.3 is 24.3 Å². The molecule has 0 bridgehead atoms. The number of hydrogen-bond acceptors (Lipinski definition) is 5. The Morgan fingerprint density at radius 2 is 2.00 bits per heavy atom. The molecule has 0 aliphatic carbocycles. The van der Waals surface area contributed by atoms with Crippen molar-refractivity contribution in [2.45, 2.75) is 44.2 Å². The molecule has 2 heterocycles. The maximum absolute atomic E-state index is 5.85. The lowest BCUT2D eigenvalue weighted by atomic mass is 10.1. The fraction of sp³-hybridized carbons (Fsp3) is 1.00. The van der Waals surface area contributed by atoms with Crippen LogP contribution in [0.3, 0.4) is 0 Å². The van der Waals surface area contributed by atoms with Gasteiger partial charge in [-0.1, -0.05) is 0 Å². The Labute approximate surface area is 107 Å². The number of rotatable bonds is 5. The summed E-state index contributed by atoms with van der Waals surface area (Å²) in [4.78, 5) is 0. The van der Waals surface area contributed by atoms with Crippen molar-refractivity contribution < 1.29 is 18.9 Å². The highest BCUT2D eigenvalue weighted by atomic mass is 35.5. The molecule has 2 aliphatic heterocycles. The van der Waals surface area contributed by atoms with E-state index in [9.17, 15) is 0 Å². The quantitative estimate of drug-likeness (QED) is 0.586. The third-order valence-corrected chi connectivity index (χ3v) is 3.15. The summed E-state index contributed by atoms with van der Waals surface area (Å²) in [5.74, 6) is 0.0119. The van der Waals surface area contributed by atoms with Gasteiger partial charge in [0.05, 0.1) is 0 Å². The topological polar surface area (TPSA) is 49.0 Å². The first kappa shape index (κ1) is 13.5. The second-order valence-electron chi connectivity index (χ2n) is 4.74. The number of ether oxygens (including phenoxy) is 4. The van der Waals surface area contributed by atoms with E-state index in [-0.39, 0.29) is 24.6 Å². The Morgan fingerprint density at radius 1 is 1.29 bits per heavy atom. The predicted molar refractivity (Wildman–Crippen MR) is 63.1 cm³/mol. The van der Waals surface area contributed by atoms with Gasteiger partial charge in [-0.3, -0.25) is 0 Å². The van der Waals surface area contributed by atoms with Crippen LogP contribution < -0.4 is 5.32 Å². The molecule has 4 atom stereocenters. The van der Waals surface area contributed by atoms with Crippen LogP contribution in [0, 0.1) is 0 Å². The largest absolute Gasteiger partial charge is 0.353 e. The summed E-state index contributed by atoms with van der Waals surface area (Å²) in [7, 11) is 1.62. The average Bonchev–Trinajstić information content (AvgIpc) is 2.73. The fourth-order valence-electron chi connectivity index (χ4n) is 2.31. The van der Waals surface area contributed by atoms with Crippen molar-refractivity contribution in [3.63, 3.8) is 0 Å². The lowest BCUT2D eigenvalue weighted by Gasteiger charge is -2.23. The van der Waals surface area contributed by atoms with Crippen molar-refractivity contribution >= 4 is 11.6 Å². The molecule has 0 aromatic carbocycles. The predicted octanol–water partition coefficient (Wildman–Crippen LogP) is 0.706. The first-order chi connectivity index (χ1) is 8.07. The Bertz CT molecular complexity index is 264. The van der Waals surface area contributed by atoms with Crippen molar-refractivity contribution in [1.29, 1.82) is 0 Å². The molecule has 0 unspecified atom stereocenters. The number of alkyl halides is 1. The molecule has 0 amide bonds. The Kier molecular flexibility index (Phi) is 4.28. The minimum atomic E-state index is -0.569. The molecule has 2 aliphatic rings. The monoisotopic (exact) mass is 265 g/mol. The van der Waals surface area contributed by atoms with E-state index in [2.05, 4.69) is 5.32 Å². The number of methoxy groups -OCH3 is 1. The first-order valence-electron chi connectivity index (χ1n) is 5.88.